The van der Waals surface area contributed by atoms with E-state index >= 15 is 0 Å². The van der Waals surface area contributed by atoms with Gasteiger partial charge in [-0.3, -0.25) is 19.5 Å². The molecule has 3 aliphatic rings. The van der Waals surface area contributed by atoms with Crippen LogP contribution in [0.1, 0.15) is 31.4 Å². The van der Waals surface area contributed by atoms with Crippen LogP contribution in [0, 0.1) is 0 Å². The molecule has 0 saturated heterocycles. The van der Waals surface area contributed by atoms with Gasteiger partial charge in [0.2, 0.25) is 17.6 Å². The lowest BCUT2D eigenvalue weighted by Crippen LogP contribution is -3.10. The summed E-state index contributed by atoms with van der Waals surface area (Å²) in [4.78, 5) is 18.2. The quantitative estimate of drug-likeness (QED) is 0.459. The Morgan fingerprint density at radius 2 is 2.16 bits per heavy atom. The number of carbonyl (C=O) groups excluding carboxylic acids is 1. The molecular weight excluding hydrogens is 426 g/mol. The van der Waals surface area contributed by atoms with Crippen molar-refractivity contribution in [1.82, 2.24) is 14.5 Å². The Hall–Kier alpha value is -3.08. The lowest BCUT2D eigenvalue weighted by atomic mass is 10.3. The van der Waals surface area contributed by atoms with Crippen LogP contribution >= 0.6 is 11.9 Å². The van der Waals surface area contributed by atoms with E-state index in [1.807, 2.05) is 24.3 Å². The summed E-state index contributed by atoms with van der Waals surface area (Å²) in [5.74, 6) is 3.31. The van der Waals surface area contributed by atoms with Crippen LogP contribution in [0.4, 0.5) is 11.5 Å². The molecule has 1 aromatic heterocycles. The third-order valence-electron chi connectivity index (χ3n) is 5.34. The van der Waals surface area contributed by atoms with E-state index in [2.05, 4.69) is 43.6 Å². The fourth-order valence-electron chi connectivity index (χ4n) is 3.74. The summed E-state index contributed by atoms with van der Waals surface area (Å²) in [6.07, 6.45) is 6.63. The molecule has 2 aromatic rings. The number of H-pyrrole nitrogens is 1. The van der Waals surface area contributed by atoms with Gasteiger partial charge in [-0.15, -0.1) is 0 Å². The molecule has 32 heavy (non-hydrogen) atoms. The number of carbonyl (C=O) groups is 1. The van der Waals surface area contributed by atoms with E-state index in [4.69, 9.17) is 9.73 Å². The van der Waals surface area contributed by atoms with Gasteiger partial charge in [-0.1, -0.05) is 0 Å². The van der Waals surface area contributed by atoms with E-state index < -0.39 is 0 Å². The zero-order chi connectivity index (χ0) is 22.1. The third kappa shape index (κ3) is 4.72. The second kappa shape index (κ2) is 8.81. The first kappa shape index (κ1) is 20.8. The van der Waals surface area contributed by atoms with Crippen LogP contribution in [-0.2, 0) is 9.53 Å². The first-order valence-corrected chi connectivity index (χ1v) is 11.4. The fourth-order valence-corrected chi connectivity index (χ4v) is 4.61. The number of methoxy groups -OCH3 is 1. The summed E-state index contributed by atoms with van der Waals surface area (Å²) in [5, 5.41) is 13.9. The van der Waals surface area contributed by atoms with Gasteiger partial charge >= 0.3 is 0 Å². The predicted octanol–water partition coefficient (Wildman–Crippen LogP) is 2.26. The average molecular weight is 453 g/mol. The molecule has 166 valence electrons. The van der Waals surface area contributed by atoms with Crippen molar-refractivity contribution in [2.24, 2.45) is 4.99 Å². The largest absolute Gasteiger partial charge is 0.378 e. The number of amides is 1. The number of amidine groups is 1. The van der Waals surface area contributed by atoms with Crippen molar-refractivity contribution in [2.75, 3.05) is 30.9 Å². The molecule has 1 aromatic carbocycles. The molecule has 1 fully saturated rings. The highest BCUT2D eigenvalue weighted by molar-refractivity contribution is 7.97. The van der Waals surface area contributed by atoms with Crippen molar-refractivity contribution < 1.29 is 14.4 Å². The van der Waals surface area contributed by atoms with E-state index in [1.54, 1.807) is 19.1 Å². The van der Waals surface area contributed by atoms with Gasteiger partial charge in [0.25, 0.3) is 0 Å². The number of aromatic amines is 1. The topological polar surface area (TPSA) is 99.1 Å². The summed E-state index contributed by atoms with van der Waals surface area (Å²) in [7, 11) is 1.68. The number of aliphatic imine (C=N–C) groups is 1. The maximum atomic E-state index is 11.2. The molecule has 1 saturated carbocycles. The highest BCUT2D eigenvalue weighted by Gasteiger charge is 2.35. The molecule has 5 rings (SSSR count). The zero-order valence-electron chi connectivity index (χ0n) is 18.0. The number of benzene rings is 1. The Morgan fingerprint density at radius 1 is 1.34 bits per heavy atom. The number of hydrogen-bond acceptors (Lipinski definition) is 7. The Morgan fingerprint density at radius 3 is 2.88 bits per heavy atom. The van der Waals surface area contributed by atoms with Crippen LogP contribution in [0.25, 0.3) is 0 Å². The average Bonchev–Trinajstić information content (AvgIpc) is 3.36. The highest BCUT2D eigenvalue weighted by atomic mass is 32.2. The molecule has 1 atom stereocenters. The monoisotopic (exact) mass is 452 g/mol. The van der Waals surface area contributed by atoms with Crippen molar-refractivity contribution in [2.45, 2.75) is 30.6 Å². The Balaban J connectivity index is 1.35. The van der Waals surface area contributed by atoms with Crippen LogP contribution in [-0.4, -0.2) is 46.5 Å². The van der Waals surface area contributed by atoms with Gasteiger partial charge < -0.3 is 10.1 Å². The smallest absolute Gasteiger partial charge is 0.233 e. The molecule has 2 aliphatic heterocycles. The number of quaternary nitrogens is 1. The van der Waals surface area contributed by atoms with Crippen LogP contribution in [0.15, 0.2) is 64.1 Å². The second-order valence-corrected chi connectivity index (χ2v) is 9.19. The number of nitrogens with one attached hydrogen (secondary N) is 4. The Labute approximate surface area is 190 Å². The van der Waals surface area contributed by atoms with Gasteiger partial charge in [0, 0.05) is 42.3 Å². The summed E-state index contributed by atoms with van der Waals surface area (Å²) >= 11 is 1.62. The predicted molar refractivity (Wildman–Crippen MR) is 124 cm³/mol. The van der Waals surface area contributed by atoms with Crippen molar-refractivity contribution in [1.29, 1.82) is 0 Å². The number of ether oxygens (including phenoxy) is 1. The van der Waals surface area contributed by atoms with Crippen LogP contribution in [0.5, 0.6) is 0 Å². The lowest BCUT2D eigenvalue weighted by molar-refractivity contribution is -0.700. The maximum absolute atomic E-state index is 11.2. The number of fused-ring (bicyclic) bond motifs is 1. The zero-order valence-corrected chi connectivity index (χ0v) is 18.8. The molecule has 0 spiro atoms. The Bertz CT molecular complexity index is 1100. The third-order valence-corrected chi connectivity index (χ3v) is 6.29. The summed E-state index contributed by atoms with van der Waals surface area (Å²) in [6.45, 7) is 2.66. The highest BCUT2D eigenvalue weighted by Crippen LogP contribution is 2.39. The van der Waals surface area contributed by atoms with E-state index in [0.29, 0.717) is 19.1 Å². The summed E-state index contributed by atoms with van der Waals surface area (Å²) < 4.78 is 7.44. The molecule has 0 radical (unpaired) electrons. The van der Waals surface area contributed by atoms with Gasteiger partial charge in [0.1, 0.15) is 18.4 Å². The molecule has 9 nitrogen and oxygen atoms in total. The molecule has 4 N–H and O–H groups in total. The summed E-state index contributed by atoms with van der Waals surface area (Å²) in [5.41, 5.74) is 2.89. The van der Waals surface area contributed by atoms with Crippen molar-refractivity contribution >= 4 is 35.2 Å². The van der Waals surface area contributed by atoms with Gasteiger partial charge in [-0.05, 0) is 49.1 Å². The van der Waals surface area contributed by atoms with Gasteiger partial charge in [0.05, 0.1) is 12.8 Å². The van der Waals surface area contributed by atoms with E-state index in [9.17, 15) is 4.79 Å². The molecule has 1 aliphatic carbocycles. The van der Waals surface area contributed by atoms with Gasteiger partial charge in [-0.2, -0.15) is 10.1 Å². The van der Waals surface area contributed by atoms with E-state index in [-0.39, 0.29) is 5.91 Å². The lowest BCUT2D eigenvalue weighted by Gasteiger charge is -2.27. The fraction of sp³-hybridized carbons (Fsp3) is 0.318. The Kier molecular flexibility index (Phi) is 5.73. The van der Waals surface area contributed by atoms with Crippen LogP contribution in [0.3, 0.4) is 0 Å². The number of nitrogens with zero attached hydrogens (tertiary/aromatic N) is 3. The van der Waals surface area contributed by atoms with Crippen molar-refractivity contribution in [3.63, 3.8) is 0 Å². The molecule has 3 heterocycles. The second-order valence-electron chi connectivity index (χ2n) is 8.06. The standard InChI is InChI=1S/C22H25N7O2S/c1-14(30)23-16-5-7-18(8-6-16)32-28-11-21-24-17(13-31-2)10-29(21)22(12-28)25-20-9-19(26-27-20)15-3-4-15/h5-10,12,15H,3-4,11,13H2,1-2H3,(H,23,30)(H2,25,26,27)/p+1. The molecular formula is C22H26N7O2S+. The molecule has 10 heteroatoms. The first-order valence-electron chi connectivity index (χ1n) is 10.6. The van der Waals surface area contributed by atoms with E-state index in [0.717, 1.165) is 38.7 Å². The van der Waals surface area contributed by atoms with Crippen LogP contribution in [0.2, 0.25) is 0 Å². The molecule has 0 bridgehead atoms. The number of rotatable bonds is 8. The minimum atomic E-state index is -0.0787. The SMILES string of the molecule is COCC1=C[NH+]2C(Nc3cc(C4CC4)[nH]n3)=CN(Sc3ccc(NC(C)=O)cc3)CC2=N1. The van der Waals surface area contributed by atoms with Crippen LogP contribution < -0.4 is 15.5 Å². The normalized spacial score (nSPS) is 19.8. The summed E-state index contributed by atoms with van der Waals surface area (Å²) in [6, 6.07) is 9.90. The minimum absolute atomic E-state index is 0.0787. The molecule has 1 amide bonds. The first-order chi connectivity index (χ1) is 15.6. The van der Waals surface area contributed by atoms with Crippen molar-refractivity contribution in [3.8, 4) is 0 Å². The molecule has 1 unspecified atom stereocenters. The minimum Gasteiger partial charge on any atom is -0.378 e. The number of anilines is 2. The van der Waals surface area contributed by atoms with Crippen molar-refractivity contribution in [3.05, 3.63) is 59.9 Å². The van der Waals surface area contributed by atoms with Gasteiger partial charge in [0.15, 0.2) is 5.82 Å². The maximum Gasteiger partial charge on any atom is 0.233 e. The van der Waals surface area contributed by atoms with Gasteiger partial charge in [-0.25, -0.2) is 4.90 Å². The number of hydrogen-bond donors (Lipinski definition) is 4. The van der Waals surface area contributed by atoms with E-state index in [1.165, 1.54) is 25.5 Å². The number of aromatic nitrogens is 2.